The molecule has 0 aliphatic rings. The fraction of sp³-hybridized carbons (Fsp3) is 0.294. The molecular formula is C17H21N3O. The largest absolute Gasteiger partial charge is 0.345 e. The van der Waals surface area contributed by atoms with Gasteiger partial charge in [-0.2, -0.15) is 0 Å². The van der Waals surface area contributed by atoms with Crippen molar-refractivity contribution in [1.29, 1.82) is 0 Å². The summed E-state index contributed by atoms with van der Waals surface area (Å²) >= 11 is 0. The maximum Gasteiger partial charge on any atom is 0.253 e. The molecule has 1 unspecified atom stereocenters. The SMILES string of the molecule is Cc1ccc(C(=O)NC(C)c2ccc(CN)cc2)c(C)n1. The quantitative estimate of drug-likeness (QED) is 0.906. The Bertz CT molecular complexity index is 635. The van der Waals surface area contributed by atoms with Crippen LogP contribution in [-0.4, -0.2) is 10.9 Å². The van der Waals surface area contributed by atoms with Gasteiger partial charge in [0.05, 0.1) is 17.3 Å². The first kappa shape index (κ1) is 15.2. The van der Waals surface area contributed by atoms with Gasteiger partial charge in [-0.3, -0.25) is 9.78 Å². The zero-order chi connectivity index (χ0) is 15.4. The first-order chi connectivity index (χ1) is 10.0. The fourth-order valence-corrected chi connectivity index (χ4v) is 2.23. The molecule has 0 fully saturated rings. The topological polar surface area (TPSA) is 68.0 Å². The number of aromatic nitrogens is 1. The van der Waals surface area contributed by atoms with Crippen LogP contribution in [0.2, 0.25) is 0 Å². The van der Waals surface area contributed by atoms with E-state index in [2.05, 4.69) is 10.3 Å². The fourth-order valence-electron chi connectivity index (χ4n) is 2.23. The van der Waals surface area contributed by atoms with E-state index in [0.29, 0.717) is 12.1 Å². The number of amides is 1. The molecule has 0 spiro atoms. The van der Waals surface area contributed by atoms with Crippen LogP contribution in [0.15, 0.2) is 36.4 Å². The third-order valence-electron chi connectivity index (χ3n) is 3.53. The van der Waals surface area contributed by atoms with E-state index in [1.807, 2.05) is 57.2 Å². The standard InChI is InChI=1S/C17H21N3O/c1-11-4-9-16(13(3)19-11)17(21)20-12(2)15-7-5-14(10-18)6-8-15/h4-9,12H,10,18H2,1-3H3,(H,20,21). The average Bonchev–Trinajstić information content (AvgIpc) is 2.47. The van der Waals surface area contributed by atoms with Crippen molar-refractivity contribution in [3.05, 3.63) is 64.5 Å². The van der Waals surface area contributed by atoms with Gasteiger partial charge >= 0.3 is 0 Å². The van der Waals surface area contributed by atoms with Gasteiger partial charge in [-0.15, -0.1) is 0 Å². The molecule has 110 valence electrons. The van der Waals surface area contributed by atoms with Crippen LogP contribution in [0.5, 0.6) is 0 Å². The monoisotopic (exact) mass is 283 g/mol. The Labute approximate surface area is 125 Å². The van der Waals surface area contributed by atoms with E-state index in [0.717, 1.165) is 22.5 Å². The number of pyridine rings is 1. The van der Waals surface area contributed by atoms with Crippen LogP contribution >= 0.6 is 0 Å². The second kappa shape index (κ2) is 6.50. The normalized spacial score (nSPS) is 12.0. The Morgan fingerprint density at radius 2 is 1.86 bits per heavy atom. The number of nitrogens with two attached hydrogens (primary N) is 1. The molecule has 4 heteroatoms. The van der Waals surface area contributed by atoms with Gasteiger partial charge in [-0.1, -0.05) is 24.3 Å². The molecule has 2 rings (SSSR count). The van der Waals surface area contributed by atoms with Gasteiger partial charge in [0.2, 0.25) is 0 Å². The number of benzene rings is 1. The minimum atomic E-state index is -0.101. The van der Waals surface area contributed by atoms with Crippen LogP contribution in [0.3, 0.4) is 0 Å². The number of nitrogens with zero attached hydrogens (tertiary/aromatic N) is 1. The molecule has 21 heavy (non-hydrogen) atoms. The molecule has 1 heterocycles. The van der Waals surface area contributed by atoms with Gasteiger partial charge in [0.15, 0.2) is 0 Å². The Hall–Kier alpha value is -2.20. The van der Waals surface area contributed by atoms with Gasteiger partial charge in [0.1, 0.15) is 0 Å². The van der Waals surface area contributed by atoms with Gasteiger partial charge in [-0.25, -0.2) is 0 Å². The van der Waals surface area contributed by atoms with E-state index in [-0.39, 0.29) is 11.9 Å². The molecule has 1 amide bonds. The molecule has 2 aromatic rings. The number of hydrogen-bond donors (Lipinski definition) is 2. The predicted octanol–water partition coefficient (Wildman–Crippen LogP) is 2.65. The maximum absolute atomic E-state index is 12.3. The molecule has 0 aliphatic heterocycles. The van der Waals surface area contributed by atoms with Crippen LogP contribution in [0.1, 0.15) is 45.8 Å². The molecule has 4 nitrogen and oxygen atoms in total. The first-order valence-corrected chi connectivity index (χ1v) is 7.05. The molecule has 0 radical (unpaired) electrons. The smallest absolute Gasteiger partial charge is 0.253 e. The summed E-state index contributed by atoms with van der Waals surface area (Å²) in [4.78, 5) is 16.6. The minimum absolute atomic E-state index is 0.0648. The Morgan fingerprint density at radius 3 is 2.43 bits per heavy atom. The van der Waals surface area contributed by atoms with Crippen molar-refractivity contribution < 1.29 is 4.79 Å². The van der Waals surface area contributed by atoms with Crippen molar-refractivity contribution in [1.82, 2.24) is 10.3 Å². The van der Waals surface area contributed by atoms with E-state index in [4.69, 9.17) is 5.73 Å². The number of nitrogens with one attached hydrogen (secondary N) is 1. The van der Waals surface area contributed by atoms with Crippen molar-refractivity contribution in [3.8, 4) is 0 Å². The highest BCUT2D eigenvalue weighted by Crippen LogP contribution is 2.15. The lowest BCUT2D eigenvalue weighted by Gasteiger charge is -2.15. The molecule has 3 N–H and O–H groups in total. The number of carbonyl (C=O) groups excluding carboxylic acids is 1. The maximum atomic E-state index is 12.3. The van der Waals surface area contributed by atoms with E-state index in [9.17, 15) is 4.79 Å². The molecule has 1 aromatic heterocycles. The Morgan fingerprint density at radius 1 is 1.19 bits per heavy atom. The van der Waals surface area contributed by atoms with Crippen molar-refractivity contribution in [2.45, 2.75) is 33.4 Å². The van der Waals surface area contributed by atoms with Crippen LogP contribution in [0.25, 0.3) is 0 Å². The third kappa shape index (κ3) is 3.67. The highest BCUT2D eigenvalue weighted by Gasteiger charge is 2.14. The summed E-state index contributed by atoms with van der Waals surface area (Å²) in [6.07, 6.45) is 0. The zero-order valence-corrected chi connectivity index (χ0v) is 12.7. The number of hydrogen-bond acceptors (Lipinski definition) is 3. The number of aryl methyl sites for hydroxylation is 2. The van der Waals surface area contributed by atoms with E-state index >= 15 is 0 Å². The molecule has 0 aliphatic carbocycles. The summed E-state index contributed by atoms with van der Waals surface area (Å²) in [5.74, 6) is -0.101. The van der Waals surface area contributed by atoms with Gasteiger partial charge < -0.3 is 11.1 Å². The summed E-state index contributed by atoms with van der Waals surface area (Å²) in [5.41, 5.74) is 9.99. The summed E-state index contributed by atoms with van der Waals surface area (Å²) in [7, 11) is 0. The number of carbonyl (C=O) groups is 1. The number of rotatable bonds is 4. The van der Waals surface area contributed by atoms with Crippen LogP contribution in [0.4, 0.5) is 0 Å². The van der Waals surface area contributed by atoms with Crippen molar-refractivity contribution in [3.63, 3.8) is 0 Å². The van der Waals surface area contributed by atoms with Gasteiger partial charge in [0, 0.05) is 12.2 Å². The van der Waals surface area contributed by atoms with E-state index < -0.39 is 0 Å². The lowest BCUT2D eigenvalue weighted by Crippen LogP contribution is -2.27. The molecular weight excluding hydrogens is 262 g/mol. The van der Waals surface area contributed by atoms with Crippen molar-refractivity contribution >= 4 is 5.91 Å². The lowest BCUT2D eigenvalue weighted by atomic mass is 10.1. The lowest BCUT2D eigenvalue weighted by molar-refractivity contribution is 0.0939. The third-order valence-corrected chi connectivity index (χ3v) is 3.53. The molecule has 1 aromatic carbocycles. The molecule has 1 atom stereocenters. The van der Waals surface area contributed by atoms with Crippen molar-refractivity contribution in [2.75, 3.05) is 0 Å². The predicted molar refractivity (Wildman–Crippen MR) is 83.9 cm³/mol. The summed E-state index contributed by atoms with van der Waals surface area (Å²) in [6.45, 7) is 6.25. The second-order valence-corrected chi connectivity index (χ2v) is 5.23. The molecule has 0 bridgehead atoms. The van der Waals surface area contributed by atoms with E-state index in [1.54, 1.807) is 0 Å². The summed E-state index contributed by atoms with van der Waals surface area (Å²) in [6, 6.07) is 11.6. The van der Waals surface area contributed by atoms with Gasteiger partial charge in [0.25, 0.3) is 5.91 Å². The molecule has 0 saturated carbocycles. The first-order valence-electron chi connectivity index (χ1n) is 7.05. The highest BCUT2D eigenvalue weighted by atomic mass is 16.1. The van der Waals surface area contributed by atoms with Crippen LogP contribution in [0, 0.1) is 13.8 Å². The average molecular weight is 283 g/mol. The van der Waals surface area contributed by atoms with Crippen LogP contribution in [-0.2, 0) is 6.54 Å². The van der Waals surface area contributed by atoms with Crippen LogP contribution < -0.4 is 11.1 Å². The highest BCUT2D eigenvalue weighted by molar-refractivity contribution is 5.95. The minimum Gasteiger partial charge on any atom is -0.345 e. The van der Waals surface area contributed by atoms with E-state index in [1.165, 1.54) is 0 Å². The second-order valence-electron chi connectivity index (χ2n) is 5.23. The Kier molecular flexibility index (Phi) is 4.70. The zero-order valence-electron chi connectivity index (χ0n) is 12.7. The van der Waals surface area contributed by atoms with Gasteiger partial charge in [-0.05, 0) is 44.0 Å². The summed E-state index contributed by atoms with van der Waals surface area (Å²) in [5, 5.41) is 3.00. The van der Waals surface area contributed by atoms with Crippen molar-refractivity contribution in [2.24, 2.45) is 5.73 Å². The molecule has 0 saturated heterocycles. The Balaban J connectivity index is 2.10. The summed E-state index contributed by atoms with van der Waals surface area (Å²) < 4.78 is 0.